The predicted molar refractivity (Wildman–Crippen MR) is 101 cm³/mol. The summed E-state index contributed by atoms with van der Waals surface area (Å²) in [5, 5.41) is 0. The van der Waals surface area contributed by atoms with Crippen LogP contribution < -0.4 is 10.9 Å². The number of nitrogens with zero attached hydrogens (tertiary/aromatic N) is 1. The summed E-state index contributed by atoms with van der Waals surface area (Å²) in [4.78, 5) is 12.5. The van der Waals surface area contributed by atoms with Gasteiger partial charge in [0.15, 0.2) is 0 Å². The van der Waals surface area contributed by atoms with E-state index in [-0.39, 0.29) is 11.8 Å². The lowest BCUT2D eigenvalue weighted by atomic mass is 9.96. The first-order chi connectivity index (χ1) is 12.6. The van der Waals surface area contributed by atoms with Crippen molar-refractivity contribution in [3.05, 3.63) is 60.7 Å². The first-order valence-electron chi connectivity index (χ1n) is 8.71. The number of amides is 1. The van der Waals surface area contributed by atoms with E-state index in [2.05, 4.69) is 10.9 Å². The summed E-state index contributed by atoms with van der Waals surface area (Å²) in [5.41, 5.74) is 6.35. The molecule has 1 fully saturated rings. The number of benzene rings is 2. The number of sulfonamides is 1. The van der Waals surface area contributed by atoms with Gasteiger partial charge in [0.2, 0.25) is 15.9 Å². The van der Waals surface area contributed by atoms with Crippen molar-refractivity contribution in [3.63, 3.8) is 0 Å². The third kappa shape index (κ3) is 4.62. The highest BCUT2D eigenvalue weighted by Crippen LogP contribution is 2.25. The van der Waals surface area contributed by atoms with E-state index in [9.17, 15) is 13.2 Å². The molecular formula is C19H23N3O3S. The first kappa shape index (κ1) is 18.4. The highest BCUT2D eigenvalue weighted by molar-refractivity contribution is 7.89. The van der Waals surface area contributed by atoms with Gasteiger partial charge in [-0.3, -0.25) is 15.6 Å². The van der Waals surface area contributed by atoms with Crippen LogP contribution in [0.4, 0.5) is 5.69 Å². The van der Waals surface area contributed by atoms with Crippen molar-refractivity contribution in [2.75, 3.05) is 18.5 Å². The maximum atomic E-state index is 12.7. The molecule has 1 heterocycles. The van der Waals surface area contributed by atoms with Crippen LogP contribution >= 0.6 is 0 Å². The number of rotatable bonds is 6. The van der Waals surface area contributed by atoms with Gasteiger partial charge in [0, 0.05) is 19.5 Å². The fraction of sp³-hybridized carbons (Fsp3) is 0.316. The molecule has 1 aliphatic heterocycles. The fourth-order valence-electron chi connectivity index (χ4n) is 3.13. The van der Waals surface area contributed by atoms with Crippen LogP contribution in [0.3, 0.4) is 0 Å². The third-order valence-electron chi connectivity index (χ3n) is 4.46. The van der Waals surface area contributed by atoms with Gasteiger partial charge in [0.1, 0.15) is 0 Å². The number of hydrazine groups is 1. The normalized spacial score (nSPS) is 18.2. The van der Waals surface area contributed by atoms with E-state index in [1.165, 1.54) is 4.31 Å². The van der Waals surface area contributed by atoms with Crippen molar-refractivity contribution >= 4 is 21.6 Å². The van der Waals surface area contributed by atoms with E-state index < -0.39 is 10.0 Å². The molecule has 1 unspecified atom stereocenters. The number of hydrogen-bond acceptors (Lipinski definition) is 4. The lowest BCUT2D eigenvalue weighted by Crippen LogP contribution is -2.41. The van der Waals surface area contributed by atoms with Crippen LogP contribution in [0.5, 0.6) is 0 Å². The van der Waals surface area contributed by atoms with Crippen LogP contribution in [0.2, 0.25) is 0 Å². The number of carbonyl (C=O) groups excluding carboxylic acids is 1. The Balaban J connectivity index is 1.56. The van der Waals surface area contributed by atoms with Crippen molar-refractivity contribution in [2.24, 2.45) is 5.92 Å². The quantitative estimate of drug-likeness (QED) is 0.763. The maximum absolute atomic E-state index is 12.7. The Kier molecular flexibility index (Phi) is 5.90. The van der Waals surface area contributed by atoms with E-state index in [4.69, 9.17) is 0 Å². The monoisotopic (exact) mass is 373 g/mol. The molecule has 0 saturated carbocycles. The summed E-state index contributed by atoms with van der Waals surface area (Å²) < 4.78 is 27.0. The minimum absolute atomic E-state index is 0.0137. The van der Waals surface area contributed by atoms with E-state index in [0.29, 0.717) is 24.4 Å². The van der Waals surface area contributed by atoms with Crippen molar-refractivity contribution in [1.29, 1.82) is 0 Å². The fourth-order valence-corrected chi connectivity index (χ4v) is 4.71. The van der Waals surface area contributed by atoms with Crippen LogP contribution in [-0.4, -0.2) is 31.7 Å². The van der Waals surface area contributed by atoms with Crippen LogP contribution in [-0.2, 0) is 14.8 Å². The zero-order valence-corrected chi connectivity index (χ0v) is 15.3. The number of anilines is 1. The van der Waals surface area contributed by atoms with Gasteiger partial charge >= 0.3 is 0 Å². The average Bonchev–Trinajstić information content (AvgIpc) is 2.68. The molecule has 7 heteroatoms. The van der Waals surface area contributed by atoms with Gasteiger partial charge in [-0.2, -0.15) is 4.31 Å². The molecule has 1 amide bonds. The molecule has 0 spiro atoms. The van der Waals surface area contributed by atoms with Gasteiger partial charge in [-0.05, 0) is 43.0 Å². The lowest BCUT2D eigenvalue weighted by Gasteiger charge is -2.31. The van der Waals surface area contributed by atoms with E-state index in [0.717, 1.165) is 18.5 Å². The molecule has 1 atom stereocenters. The second kappa shape index (κ2) is 8.33. The van der Waals surface area contributed by atoms with E-state index in [1.807, 2.05) is 30.3 Å². The average molecular weight is 373 g/mol. The van der Waals surface area contributed by atoms with Crippen LogP contribution in [0.25, 0.3) is 0 Å². The maximum Gasteiger partial charge on any atom is 0.243 e. The topological polar surface area (TPSA) is 78.5 Å². The van der Waals surface area contributed by atoms with E-state index >= 15 is 0 Å². The molecule has 2 aromatic carbocycles. The van der Waals surface area contributed by atoms with Crippen LogP contribution in [0, 0.1) is 5.92 Å². The molecule has 0 aromatic heterocycles. The number of carbonyl (C=O) groups is 1. The second-order valence-corrected chi connectivity index (χ2v) is 8.37. The molecule has 2 aromatic rings. The molecule has 3 rings (SSSR count). The summed E-state index contributed by atoms with van der Waals surface area (Å²) in [6.45, 7) is 0.869. The van der Waals surface area contributed by atoms with Gasteiger partial charge in [-0.15, -0.1) is 0 Å². The van der Waals surface area contributed by atoms with E-state index in [1.54, 1.807) is 30.3 Å². The van der Waals surface area contributed by atoms with Gasteiger partial charge in [0.05, 0.1) is 10.6 Å². The summed E-state index contributed by atoms with van der Waals surface area (Å²) >= 11 is 0. The van der Waals surface area contributed by atoms with Crippen molar-refractivity contribution in [3.8, 4) is 0 Å². The molecule has 2 N–H and O–H groups in total. The molecule has 0 aliphatic carbocycles. The Morgan fingerprint density at radius 2 is 1.69 bits per heavy atom. The molecule has 138 valence electrons. The largest absolute Gasteiger partial charge is 0.299 e. The van der Waals surface area contributed by atoms with Crippen LogP contribution in [0.15, 0.2) is 65.6 Å². The predicted octanol–water partition coefficient (Wildman–Crippen LogP) is 2.62. The second-order valence-electron chi connectivity index (χ2n) is 6.43. The zero-order chi connectivity index (χ0) is 18.4. The smallest absolute Gasteiger partial charge is 0.243 e. The molecule has 26 heavy (non-hydrogen) atoms. The van der Waals surface area contributed by atoms with Gasteiger partial charge in [-0.25, -0.2) is 8.42 Å². The molecule has 1 saturated heterocycles. The Labute approximate surface area is 154 Å². The highest BCUT2D eigenvalue weighted by Gasteiger charge is 2.30. The highest BCUT2D eigenvalue weighted by atomic mass is 32.2. The Morgan fingerprint density at radius 3 is 2.38 bits per heavy atom. The lowest BCUT2D eigenvalue weighted by molar-refractivity contribution is -0.121. The molecule has 0 bridgehead atoms. The van der Waals surface area contributed by atoms with Crippen molar-refractivity contribution in [1.82, 2.24) is 9.73 Å². The summed E-state index contributed by atoms with van der Waals surface area (Å²) in [6.07, 6.45) is 1.90. The SMILES string of the molecule is O=C(CC1CCCN(S(=O)(=O)c2ccccc2)C1)NNc1ccccc1. The van der Waals surface area contributed by atoms with Crippen molar-refractivity contribution < 1.29 is 13.2 Å². The first-order valence-corrected chi connectivity index (χ1v) is 10.1. The van der Waals surface area contributed by atoms with Crippen LogP contribution in [0.1, 0.15) is 19.3 Å². The van der Waals surface area contributed by atoms with Gasteiger partial charge in [-0.1, -0.05) is 36.4 Å². The summed E-state index contributed by atoms with van der Waals surface area (Å²) in [7, 11) is -3.50. The molecule has 6 nitrogen and oxygen atoms in total. The standard InChI is InChI=1S/C19H23N3O3S/c23-19(21-20-17-9-3-1-4-10-17)14-16-8-7-13-22(15-16)26(24,25)18-11-5-2-6-12-18/h1-6,9-12,16,20H,7-8,13-15H2,(H,21,23). The number of para-hydroxylation sites is 1. The molecular weight excluding hydrogens is 350 g/mol. The van der Waals surface area contributed by atoms with Gasteiger partial charge in [0.25, 0.3) is 0 Å². The van der Waals surface area contributed by atoms with Crippen molar-refractivity contribution in [2.45, 2.75) is 24.2 Å². The Hall–Kier alpha value is -2.38. The summed E-state index contributed by atoms with van der Waals surface area (Å²) in [6, 6.07) is 17.8. The Morgan fingerprint density at radius 1 is 1.04 bits per heavy atom. The minimum Gasteiger partial charge on any atom is -0.299 e. The third-order valence-corrected chi connectivity index (χ3v) is 6.34. The summed E-state index contributed by atoms with van der Waals surface area (Å²) in [5.74, 6) is -0.127. The zero-order valence-electron chi connectivity index (χ0n) is 14.5. The number of hydrogen-bond donors (Lipinski definition) is 2. The molecule has 0 radical (unpaired) electrons. The number of piperidine rings is 1. The molecule has 1 aliphatic rings. The number of nitrogens with one attached hydrogen (secondary N) is 2. The minimum atomic E-state index is -3.50. The Bertz CT molecular complexity index is 826. The van der Waals surface area contributed by atoms with Gasteiger partial charge < -0.3 is 0 Å².